The van der Waals surface area contributed by atoms with Crippen molar-refractivity contribution < 1.29 is 14.8 Å². The van der Waals surface area contributed by atoms with Crippen molar-refractivity contribution in [1.82, 2.24) is 0 Å². The van der Waals surface area contributed by atoms with Gasteiger partial charge in [0.15, 0.2) is 5.78 Å². The van der Waals surface area contributed by atoms with Gasteiger partial charge in [0.2, 0.25) is 6.54 Å². The lowest BCUT2D eigenvalue weighted by Gasteiger charge is -2.17. The average Bonchev–Trinajstić information content (AvgIpc) is 2.84. The van der Waals surface area contributed by atoms with Gasteiger partial charge in [-0.3, -0.25) is 14.9 Å². The third-order valence-electron chi connectivity index (χ3n) is 4.42. The predicted molar refractivity (Wildman–Crippen MR) is 95.7 cm³/mol. The highest BCUT2D eigenvalue weighted by atomic mass is 16.6. The molecule has 2 aromatic rings. The maximum absolute atomic E-state index is 12.7. The Balaban J connectivity index is 2.07. The second-order valence-corrected chi connectivity index (χ2v) is 6.19. The van der Waals surface area contributed by atoms with Crippen molar-refractivity contribution >= 4 is 17.2 Å². The zero-order valence-electron chi connectivity index (χ0n) is 14.0. The Bertz CT molecular complexity index is 869. The van der Waals surface area contributed by atoms with Crippen LogP contribution in [0.5, 0.6) is 0 Å². The van der Waals surface area contributed by atoms with Crippen LogP contribution in [0, 0.1) is 10.1 Å². The fraction of sp³-hybridized carbons (Fsp3) is 0.211. The number of hydrogen-bond acceptors (Lipinski definition) is 5. The molecule has 25 heavy (non-hydrogen) atoms. The first-order chi connectivity index (χ1) is 11.9. The number of nitro groups is 1. The van der Waals surface area contributed by atoms with E-state index in [1.165, 1.54) is 0 Å². The zero-order valence-corrected chi connectivity index (χ0v) is 14.0. The molecule has 1 atom stereocenters. The zero-order chi connectivity index (χ0) is 18.1. The van der Waals surface area contributed by atoms with Crippen molar-refractivity contribution in [3.05, 3.63) is 80.9 Å². The molecule has 3 rings (SSSR count). The molecular formula is C19H18N2O4. The van der Waals surface area contributed by atoms with Crippen LogP contribution in [-0.4, -0.2) is 36.5 Å². The minimum Gasteiger partial charge on any atom is -0.507 e. The van der Waals surface area contributed by atoms with E-state index in [1.807, 2.05) is 31.1 Å². The molecule has 1 aliphatic carbocycles. The Kier molecular flexibility index (Phi) is 4.27. The van der Waals surface area contributed by atoms with Crippen LogP contribution in [0.15, 0.2) is 54.1 Å². The van der Waals surface area contributed by atoms with Crippen molar-refractivity contribution in [3.8, 4) is 0 Å². The van der Waals surface area contributed by atoms with E-state index in [4.69, 9.17) is 0 Å². The van der Waals surface area contributed by atoms with E-state index in [0.717, 1.165) is 5.69 Å². The Hall–Kier alpha value is -3.15. The summed E-state index contributed by atoms with van der Waals surface area (Å²) in [5.41, 5.74) is 2.48. The molecule has 0 amide bonds. The molecule has 0 aromatic heterocycles. The molecule has 0 saturated carbocycles. The van der Waals surface area contributed by atoms with Gasteiger partial charge in [-0.1, -0.05) is 36.4 Å². The van der Waals surface area contributed by atoms with Crippen LogP contribution >= 0.6 is 0 Å². The van der Waals surface area contributed by atoms with E-state index in [0.29, 0.717) is 16.7 Å². The largest absolute Gasteiger partial charge is 0.507 e. The minimum atomic E-state index is -0.800. The highest BCUT2D eigenvalue weighted by molar-refractivity contribution is 6.20. The molecular weight excluding hydrogens is 320 g/mol. The van der Waals surface area contributed by atoms with Crippen molar-refractivity contribution in [1.29, 1.82) is 0 Å². The molecule has 0 aliphatic heterocycles. The second-order valence-electron chi connectivity index (χ2n) is 6.19. The molecule has 6 heteroatoms. The summed E-state index contributed by atoms with van der Waals surface area (Å²) in [4.78, 5) is 25.4. The van der Waals surface area contributed by atoms with Gasteiger partial charge in [-0.05, 0) is 17.7 Å². The predicted octanol–water partition coefficient (Wildman–Crippen LogP) is 3.28. The number of aliphatic hydroxyl groups is 1. The number of anilines is 1. The molecule has 0 fully saturated rings. The molecule has 128 valence electrons. The van der Waals surface area contributed by atoms with Crippen LogP contribution in [0.25, 0.3) is 5.76 Å². The fourth-order valence-electron chi connectivity index (χ4n) is 3.13. The highest BCUT2D eigenvalue weighted by Gasteiger charge is 2.37. The molecule has 0 bridgehead atoms. The molecule has 6 nitrogen and oxygen atoms in total. The topological polar surface area (TPSA) is 83.7 Å². The maximum atomic E-state index is 12.7. The van der Waals surface area contributed by atoms with Crippen molar-refractivity contribution in [2.75, 3.05) is 25.5 Å². The lowest BCUT2D eigenvalue weighted by atomic mass is 9.88. The van der Waals surface area contributed by atoms with Crippen molar-refractivity contribution in [2.24, 2.45) is 0 Å². The quantitative estimate of drug-likeness (QED) is 0.668. The van der Waals surface area contributed by atoms with Crippen molar-refractivity contribution in [3.63, 3.8) is 0 Å². The number of Topliss-reactive ketones (excluding diaryl/α,β-unsaturated/α-hetero) is 1. The Labute approximate surface area is 145 Å². The SMILES string of the molecule is CN(C)c1ccc(C(C[N+](=O)[O-])C2=C(O)c3ccccc3C2=O)cc1. The van der Waals surface area contributed by atoms with Crippen LogP contribution in [0.3, 0.4) is 0 Å². The van der Waals surface area contributed by atoms with Crippen LogP contribution in [0.2, 0.25) is 0 Å². The number of carbonyl (C=O) groups is 1. The van der Waals surface area contributed by atoms with Crippen LogP contribution in [0.1, 0.15) is 27.4 Å². The van der Waals surface area contributed by atoms with Crippen LogP contribution in [0.4, 0.5) is 5.69 Å². The van der Waals surface area contributed by atoms with Crippen molar-refractivity contribution in [2.45, 2.75) is 5.92 Å². The first kappa shape index (κ1) is 16.7. The molecule has 0 spiro atoms. The van der Waals surface area contributed by atoms with Gasteiger partial charge in [-0.2, -0.15) is 0 Å². The standard InChI is InChI=1S/C19H18N2O4/c1-20(2)13-9-7-12(8-10-13)16(11-21(24)25)17-18(22)14-5-3-4-6-15(14)19(17)23/h3-10,16,22H,11H2,1-2H3. The van der Waals surface area contributed by atoms with E-state index in [1.54, 1.807) is 36.4 Å². The molecule has 1 N–H and O–H groups in total. The molecule has 0 heterocycles. The summed E-state index contributed by atoms with van der Waals surface area (Å²) >= 11 is 0. The van der Waals surface area contributed by atoms with Gasteiger partial charge in [0.05, 0.1) is 11.5 Å². The number of aliphatic hydroxyl groups excluding tert-OH is 1. The number of nitrogens with zero attached hydrogens (tertiary/aromatic N) is 2. The summed E-state index contributed by atoms with van der Waals surface area (Å²) in [6.07, 6.45) is 0. The summed E-state index contributed by atoms with van der Waals surface area (Å²) in [5.74, 6) is -1.31. The van der Waals surface area contributed by atoms with E-state index >= 15 is 0 Å². The third-order valence-corrected chi connectivity index (χ3v) is 4.42. The number of carbonyl (C=O) groups excluding carboxylic acids is 1. The van der Waals surface area contributed by atoms with Gasteiger partial charge >= 0.3 is 0 Å². The summed E-state index contributed by atoms with van der Waals surface area (Å²) < 4.78 is 0. The highest BCUT2D eigenvalue weighted by Crippen LogP contribution is 2.39. The van der Waals surface area contributed by atoms with Gasteiger partial charge in [0.25, 0.3) is 0 Å². The van der Waals surface area contributed by atoms with Gasteiger partial charge in [-0.25, -0.2) is 0 Å². The first-order valence-electron chi connectivity index (χ1n) is 7.86. The normalized spacial score (nSPS) is 14.4. The molecule has 1 aliphatic rings. The number of benzene rings is 2. The second kappa shape index (κ2) is 6.39. The summed E-state index contributed by atoms with van der Waals surface area (Å²) in [7, 11) is 3.80. The molecule has 0 radical (unpaired) electrons. The third kappa shape index (κ3) is 2.98. The lowest BCUT2D eigenvalue weighted by molar-refractivity contribution is -0.481. The van der Waals surface area contributed by atoms with E-state index in [2.05, 4.69) is 0 Å². The monoisotopic (exact) mass is 338 g/mol. The van der Waals surface area contributed by atoms with Gasteiger partial charge in [-0.15, -0.1) is 0 Å². The Morgan fingerprint density at radius 3 is 2.20 bits per heavy atom. The lowest BCUT2D eigenvalue weighted by Crippen LogP contribution is -2.19. The van der Waals surface area contributed by atoms with Gasteiger partial charge in [0.1, 0.15) is 5.76 Å². The summed E-state index contributed by atoms with van der Waals surface area (Å²) in [5, 5.41) is 21.7. The van der Waals surface area contributed by atoms with Gasteiger partial charge in [0, 0.05) is 35.8 Å². The number of hydrogen-bond donors (Lipinski definition) is 1. The van der Waals surface area contributed by atoms with E-state index in [9.17, 15) is 20.0 Å². The van der Waals surface area contributed by atoms with Gasteiger partial charge < -0.3 is 10.0 Å². The smallest absolute Gasteiger partial charge is 0.214 e. The van der Waals surface area contributed by atoms with Crippen LogP contribution < -0.4 is 4.90 Å². The number of rotatable bonds is 5. The minimum absolute atomic E-state index is 0.0931. The molecule has 2 aromatic carbocycles. The van der Waals surface area contributed by atoms with E-state index in [-0.39, 0.29) is 17.1 Å². The van der Waals surface area contributed by atoms with Crippen LogP contribution in [-0.2, 0) is 0 Å². The fourth-order valence-corrected chi connectivity index (χ4v) is 3.13. The summed E-state index contributed by atoms with van der Waals surface area (Å²) in [6.45, 7) is -0.458. The Morgan fingerprint density at radius 1 is 1.08 bits per heavy atom. The summed E-state index contributed by atoms with van der Waals surface area (Å²) in [6, 6.07) is 13.9. The first-order valence-corrected chi connectivity index (χ1v) is 7.86. The molecule has 0 saturated heterocycles. The number of ketones is 1. The number of fused-ring (bicyclic) bond motifs is 1. The molecule has 1 unspecified atom stereocenters. The maximum Gasteiger partial charge on any atom is 0.214 e. The Morgan fingerprint density at radius 2 is 1.68 bits per heavy atom. The van der Waals surface area contributed by atoms with E-state index < -0.39 is 17.4 Å². The average molecular weight is 338 g/mol.